The molecule has 4 heteroatoms. The molecular weight excluding hydrogens is 228 g/mol. The van der Waals surface area contributed by atoms with Gasteiger partial charge >= 0.3 is 0 Å². The van der Waals surface area contributed by atoms with E-state index in [0.717, 1.165) is 26.1 Å². The molecule has 106 valence electrons. The van der Waals surface area contributed by atoms with Crippen LogP contribution in [0.1, 0.15) is 34.1 Å². The summed E-state index contributed by atoms with van der Waals surface area (Å²) in [4.78, 5) is 14.5. The molecule has 0 aromatic rings. The van der Waals surface area contributed by atoms with E-state index < -0.39 is 0 Å². The Balaban J connectivity index is 2.58. The predicted octanol–water partition coefficient (Wildman–Crippen LogP) is 1.50. The summed E-state index contributed by atoms with van der Waals surface area (Å²) in [5.74, 6) is 1.25. The van der Waals surface area contributed by atoms with Crippen molar-refractivity contribution in [1.29, 1.82) is 0 Å². The maximum atomic E-state index is 12.5. The molecule has 0 radical (unpaired) electrons. The standard InChI is InChI=1S/C14H28N2O2/c1-10(2)8-16(9-11(3)4)14(17)13-6-12(18-5)7-15-13/h10-13,15H,6-9H2,1-5H3. The first-order valence-electron chi connectivity index (χ1n) is 6.99. The van der Waals surface area contributed by atoms with Crippen LogP contribution in [0.3, 0.4) is 0 Å². The first kappa shape index (κ1) is 15.4. The predicted molar refractivity (Wildman–Crippen MR) is 73.5 cm³/mol. The summed E-state index contributed by atoms with van der Waals surface area (Å²) in [6.45, 7) is 11.1. The van der Waals surface area contributed by atoms with E-state index in [1.807, 2.05) is 4.90 Å². The average Bonchev–Trinajstić information content (AvgIpc) is 2.74. The van der Waals surface area contributed by atoms with Crippen LogP contribution in [0.25, 0.3) is 0 Å². The lowest BCUT2D eigenvalue weighted by molar-refractivity contribution is -0.134. The van der Waals surface area contributed by atoms with Gasteiger partial charge in [0, 0.05) is 26.7 Å². The van der Waals surface area contributed by atoms with Crippen LogP contribution in [0, 0.1) is 11.8 Å². The van der Waals surface area contributed by atoms with Crippen molar-refractivity contribution < 1.29 is 9.53 Å². The van der Waals surface area contributed by atoms with Gasteiger partial charge in [-0.2, -0.15) is 0 Å². The van der Waals surface area contributed by atoms with E-state index in [1.165, 1.54) is 0 Å². The molecule has 1 fully saturated rings. The van der Waals surface area contributed by atoms with Crippen LogP contribution in [0.2, 0.25) is 0 Å². The van der Waals surface area contributed by atoms with Crippen molar-refractivity contribution in [2.75, 3.05) is 26.7 Å². The molecule has 1 aliphatic rings. The fourth-order valence-corrected chi connectivity index (χ4v) is 2.43. The monoisotopic (exact) mass is 256 g/mol. The molecule has 0 aliphatic carbocycles. The number of carbonyl (C=O) groups is 1. The number of rotatable bonds is 6. The van der Waals surface area contributed by atoms with Crippen LogP contribution in [-0.2, 0) is 9.53 Å². The first-order chi connectivity index (χ1) is 8.43. The number of hydrogen-bond acceptors (Lipinski definition) is 3. The van der Waals surface area contributed by atoms with Crippen LogP contribution in [0.15, 0.2) is 0 Å². The lowest BCUT2D eigenvalue weighted by atomic mass is 10.1. The molecule has 0 bridgehead atoms. The molecule has 1 N–H and O–H groups in total. The van der Waals surface area contributed by atoms with E-state index in [2.05, 4.69) is 33.0 Å². The van der Waals surface area contributed by atoms with Crippen molar-refractivity contribution in [3.8, 4) is 0 Å². The van der Waals surface area contributed by atoms with Crippen LogP contribution in [-0.4, -0.2) is 49.7 Å². The fraction of sp³-hybridized carbons (Fsp3) is 0.929. The molecule has 1 heterocycles. The Hall–Kier alpha value is -0.610. The van der Waals surface area contributed by atoms with Gasteiger partial charge in [0.2, 0.25) is 5.91 Å². The number of hydrogen-bond donors (Lipinski definition) is 1. The van der Waals surface area contributed by atoms with Gasteiger partial charge in [0.15, 0.2) is 0 Å². The average molecular weight is 256 g/mol. The van der Waals surface area contributed by atoms with Crippen LogP contribution < -0.4 is 5.32 Å². The molecule has 18 heavy (non-hydrogen) atoms. The lowest BCUT2D eigenvalue weighted by Gasteiger charge is -2.29. The van der Waals surface area contributed by atoms with Gasteiger partial charge in [-0.3, -0.25) is 4.79 Å². The van der Waals surface area contributed by atoms with Gasteiger partial charge in [0.05, 0.1) is 12.1 Å². The maximum Gasteiger partial charge on any atom is 0.239 e. The minimum Gasteiger partial charge on any atom is -0.380 e. The van der Waals surface area contributed by atoms with E-state index >= 15 is 0 Å². The second kappa shape index (κ2) is 7.10. The highest BCUT2D eigenvalue weighted by atomic mass is 16.5. The number of carbonyl (C=O) groups excluding carboxylic acids is 1. The molecule has 1 aliphatic heterocycles. The Morgan fingerprint density at radius 1 is 1.28 bits per heavy atom. The van der Waals surface area contributed by atoms with Crippen molar-refractivity contribution >= 4 is 5.91 Å². The van der Waals surface area contributed by atoms with Crippen molar-refractivity contribution in [3.63, 3.8) is 0 Å². The van der Waals surface area contributed by atoms with Crippen LogP contribution in [0.5, 0.6) is 0 Å². The zero-order valence-electron chi connectivity index (χ0n) is 12.4. The normalized spacial score (nSPS) is 23.9. The third-order valence-electron chi connectivity index (χ3n) is 3.20. The highest BCUT2D eigenvalue weighted by Crippen LogP contribution is 2.14. The molecule has 1 rings (SSSR count). The molecule has 1 saturated heterocycles. The second-order valence-electron chi connectivity index (χ2n) is 6.09. The molecule has 1 amide bonds. The van der Waals surface area contributed by atoms with Crippen LogP contribution in [0.4, 0.5) is 0 Å². The lowest BCUT2D eigenvalue weighted by Crippen LogP contribution is -2.46. The highest BCUT2D eigenvalue weighted by molar-refractivity contribution is 5.82. The van der Waals surface area contributed by atoms with Crippen molar-refractivity contribution in [1.82, 2.24) is 10.2 Å². The third kappa shape index (κ3) is 4.58. The first-order valence-corrected chi connectivity index (χ1v) is 6.99. The third-order valence-corrected chi connectivity index (χ3v) is 3.20. The Morgan fingerprint density at radius 3 is 2.22 bits per heavy atom. The summed E-state index contributed by atoms with van der Waals surface area (Å²) >= 11 is 0. The van der Waals surface area contributed by atoms with Crippen molar-refractivity contribution in [2.24, 2.45) is 11.8 Å². The number of nitrogens with zero attached hydrogens (tertiary/aromatic N) is 1. The second-order valence-corrected chi connectivity index (χ2v) is 6.09. The molecular formula is C14H28N2O2. The SMILES string of the molecule is COC1CNC(C(=O)N(CC(C)C)CC(C)C)C1. The Kier molecular flexibility index (Phi) is 6.09. The van der Waals surface area contributed by atoms with Gasteiger partial charge < -0.3 is 15.0 Å². The summed E-state index contributed by atoms with van der Waals surface area (Å²) in [5, 5.41) is 3.27. The smallest absolute Gasteiger partial charge is 0.239 e. The molecule has 0 saturated carbocycles. The largest absolute Gasteiger partial charge is 0.380 e. The zero-order valence-corrected chi connectivity index (χ0v) is 12.4. The summed E-state index contributed by atoms with van der Waals surface area (Å²) in [5.41, 5.74) is 0. The van der Waals surface area contributed by atoms with E-state index in [9.17, 15) is 4.79 Å². The molecule has 4 nitrogen and oxygen atoms in total. The van der Waals surface area contributed by atoms with Gasteiger partial charge in [-0.1, -0.05) is 27.7 Å². The van der Waals surface area contributed by atoms with Crippen LogP contribution >= 0.6 is 0 Å². The molecule has 2 atom stereocenters. The van der Waals surface area contributed by atoms with Gasteiger partial charge in [-0.05, 0) is 18.3 Å². The zero-order chi connectivity index (χ0) is 13.7. The summed E-state index contributed by atoms with van der Waals surface area (Å²) in [7, 11) is 1.71. The molecule has 0 spiro atoms. The summed E-state index contributed by atoms with van der Waals surface area (Å²) < 4.78 is 5.30. The Labute approximate surface area is 111 Å². The van der Waals surface area contributed by atoms with E-state index in [0.29, 0.717) is 11.8 Å². The minimum absolute atomic E-state index is 0.0625. The van der Waals surface area contributed by atoms with Gasteiger partial charge in [-0.15, -0.1) is 0 Å². The quantitative estimate of drug-likeness (QED) is 0.783. The van der Waals surface area contributed by atoms with Crippen molar-refractivity contribution in [3.05, 3.63) is 0 Å². The Morgan fingerprint density at radius 2 is 1.83 bits per heavy atom. The molecule has 0 aromatic carbocycles. The maximum absolute atomic E-state index is 12.5. The molecule has 0 aromatic heterocycles. The molecule has 2 unspecified atom stereocenters. The topological polar surface area (TPSA) is 41.6 Å². The summed E-state index contributed by atoms with van der Waals surface area (Å²) in [6.07, 6.45) is 0.973. The van der Waals surface area contributed by atoms with Gasteiger partial charge in [0.1, 0.15) is 0 Å². The van der Waals surface area contributed by atoms with Gasteiger partial charge in [-0.25, -0.2) is 0 Å². The fourth-order valence-electron chi connectivity index (χ4n) is 2.43. The Bertz CT molecular complexity index is 257. The van der Waals surface area contributed by atoms with Crippen molar-refractivity contribution in [2.45, 2.75) is 46.3 Å². The number of ether oxygens (including phenoxy) is 1. The highest BCUT2D eigenvalue weighted by Gasteiger charge is 2.32. The van der Waals surface area contributed by atoms with E-state index in [-0.39, 0.29) is 18.1 Å². The minimum atomic E-state index is -0.0625. The van der Waals surface area contributed by atoms with Gasteiger partial charge in [0.25, 0.3) is 0 Å². The van der Waals surface area contributed by atoms with E-state index in [4.69, 9.17) is 4.74 Å². The summed E-state index contributed by atoms with van der Waals surface area (Å²) in [6, 6.07) is -0.0625. The van der Waals surface area contributed by atoms with E-state index in [1.54, 1.807) is 7.11 Å². The number of amides is 1. The number of methoxy groups -OCH3 is 1. The number of nitrogens with one attached hydrogen (secondary N) is 1.